The average Bonchev–Trinajstić information content (AvgIpc) is 3.43. The molecule has 5 N–H and O–H groups in total. The monoisotopic (exact) mass is 794 g/mol. The number of hydrogen-bond acceptors (Lipinski definition) is 13. The Morgan fingerprint density at radius 2 is 1.79 bits per heavy atom. The Labute approximate surface area is 334 Å². The van der Waals surface area contributed by atoms with Crippen LogP contribution in [0, 0.1) is 51.8 Å². The minimum absolute atomic E-state index is 0.0506. The van der Waals surface area contributed by atoms with E-state index in [1.54, 1.807) is 6.26 Å². The fourth-order valence-corrected chi connectivity index (χ4v) is 15.5. The lowest BCUT2D eigenvalue weighted by Gasteiger charge is -2.71. The molecule has 5 aliphatic heterocycles. The van der Waals surface area contributed by atoms with E-state index in [0.29, 0.717) is 49.5 Å². The van der Waals surface area contributed by atoms with Crippen LogP contribution in [-0.2, 0) is 39.8 Å². The summed E-state index contributed by atoms with van der Waals surface area (Å²) in [6.45, 7) is 7.43. The molecule has 4 saturated carbocycles. The molecule has 15 atom stereocenters. The number of ketones is 1. The van der Waals surface area contributed by atoms with Crippen LogP contribution in [0.25, 0.3) is 0 Å². The summed E-state index contributed by atoms with van der Waals surface area (Å²) < 4.78 is 32.8. The van der Waals surface area contributed by atoms with Crippen LogP contribution in [0.2, 0.25) is 0 Å². The number of carbonyl (C=O) groups is 3. The minimum atomic E-state index is -1.42. The van der Waals surface area contributed by atoms with Crippen molar-refractivity contribution in [1.29, 1.82) is 0 Å². The Bertz CT molecular complexity index is 1770. The fraction of sp³-hybridized carbons (Fsp3) is 0.841. The molecule has 57 heavy (non-hydrogen) atoms. The topological polar surface area (TPSA) is 189 Å². The number of epoxide rings is 1. The summed E-state index contributed by atoms with van der Waals surface area (Å²) in [5, 5.41) is 41.2. The molecule has 13 nitrogen and oxygen atoms in total. The Hall–Kier alpha value is -2.39. The molecule has 1 aromatic heterocycles. The minimum Gasteiger partial charge on any atom is -0.469 e. The normalized spacial score (nSPS) is 46.6. The van der Waals surface area contributed by atoms with Gasteiger partial charge in [0.05, 0.1) is 42.5 Å². The predicted octanol–water partition coefficient (Wildman–Crippen LogP) is 3.51. The fourth-order valence-electron chi connectivity index (χ4n) is 15.5. The predicted molar refractivity (Wildman–Crippen MR) is 202 cm³/mol. The van der Waals surface area contributed by atoms with Gasteiger partial charge in [0.1, 0.15) is 30.2 Å². The second-order valence-corrected chi connectivity index (χ2v) is 20.3. The highest BCUT2D eigenvalue weighted by Gasteiger charge is 2.94. The van der Waals surface area contributed by atoms with Crippen molar-refractivity contribution in [1.82, 2.24) is 10.6 Å². The van der Waals surface area contributed by atoms with Gasteiger partial charge in [0, 0.05) is 47.5 Å². The number of cyclic esters (lactones) is 2. The Kier molecular flexibility index (Phi) is 9.23. The molecule has 314 valence electrons. The number of furan rings is 1. The van der Waals surface area contributed by atoms with E-state index in [2.05, 4.69) is 17.6 Å². The molecular weight excluding hydrogens is 732 g/mol. The van der Waals surface area contributed by atoms with Crippen molar-refractivity contribution in [2.45, 2.75) is 152 Å². The molecule has 1 aromatic rings. The summed E-state index contributed by atoms with van der Waals surface area (Å²) in [7, 11) is 0. The van der Waals surface area contributed by atoms with Gasteiger partial charge >= 0.3 is 11.9 Å². The standard InChI is InChI=1S/C44H62N2O11/c1-40(2)33-31(49)34(50)43(25-10-5-4-6-11-25)32-24(13-14-28-36(56-40)42(32,33)21-54-38(28)51)18-41(3)35(55-39(52)37-44(41,43)57-37)27-15-16-53-30(27)17-23(29(48)20-47)9-7-8-12-26-19-45-22-46-26/h15-16,23-26,28-29,32-37,45-48,50H,4-14,17-22H2,1-3H3. The molecule has 9 aliphatic rings. The van der Waals surface area contributed by atoms with E-state index in [4.69, 9.17) is 23.4 Å². The molecule has 5 saturated heterocycles. The van der Waals surface area contributed by atoms with Crippen LogP contribution in [-0.4, -0.2) is 101 Å². The van der Waals surface area contributed by atoms with Gasteiger partial charge in [-0.2, -0.15) is 0 Å². The lowest BCUT2D eigenvalue weighted by Crippen LogP contribution is -2.80. The van der Waals surface area contributed by atoms with Gasteiger partial charge in [0.2, 0.25) is 0 Å². The molecule has 6 heterocycles. The van der Waals surface area contributed by atoms with Crippen molar-refractivity contribution in [3.05, 3.63) is 23.7 Å². The van der Waals surface area contributed by atoms with E-state index in [9.17, 15) is 24.9 Å². The van der Waals surface area contributed by atoms with Crippen LogP contribution in [0.3, 0.4) is 0 Å². The van der Waals surface area contributed by atoms with Crippen molar-refractivity contribution in [2.75, 3.05) is 26.4 Å². The van der Waals surface area contributed by atoms with E-state index >= 15 is 4.79 Å². The summed E-state index contributed by atoms with van der Waals surface area (Å²) in [5.74, 6) is -2.45. The van der Waals surface area contributed by atoms with E-state index in [1.807, 2.05) is 19.9 Å². The highest BCUT2D eigenvalue weighted by atomic mass is 16.7. The molecule has 4 aliphatic carbocycles. The van der Waals surface area contributed by atoms with Gasteiger partial charge in [-0.3, -0.25) is 9.59 Å². The zero-order valence-corrected chi connectivity index (χ0v) is 33.7. The molecule has 10 rings (SSSR count). The van der Waals surface area contributed by atoms with Gasteiger partial charge < -0.3 is 49.3 Å². The van der Waals surface area contributed by atoms with Crippen molar-refractivity contribution < 1.29 is 53.1 Å². The second kappa shape index (κ2) is 13.6. The van der Waals surface area contributed by atoms with E-state index in [1.165, 1.54) is 0 Å². The Morgan fingerprint density at radius 1 is 0.982 bits per heavy atom. The van der Waals surface area contributed by atoms with Crippen LogP contribution in [0.15, 0.2) is 16.7 Å². The van der Waals surface area contributed by atoms with E-state index in [0.717, 1.165) is 64.6 Å². The van der Waals surface area contributed by atoms with Crippen LogP contribution in [0.1, 0.15) is 115 Å². The molecule has 0 amide bonds. The molecule has 13 heteroatoms. The molecule has 15 unspecified atom stereocenters. The van der Waals surface area contributed by atoms with Gasteiger partial charge in [-0.1, -0.05) is 39.0 Å². The molecule has 0 radical (unpaired) electrons. The third kappa shape index (κ3) is 5.08. The maximum Gasteiger partial charge on any atom is 0.339 e. The molecule has 2 bridgehead atoms. The summed E-state index contributed by atoms with van der Waals surface area (Å²) in [5.41, 5.74) is -4.40. The lowest BCUT2D eigenvalue weighted by molar-refractivity contribution is -0.289. The first-order chi connectivity index (χ1) is 27.4. The van der Waals surface area contributed by atoms with Gasteiger partial charge in [-0.25, -0.2) is 4.79 Å². The second-order valence-electron chi connectivity index (χ2n) is 20.3. The van der Waals surface area contributed by atoms with Crippen molar-refractivity contribution in [2.24, 2.45) is 51.8 Å². The maximum atomic E-state index is 15.4. The van der Waals surface area contributed by atoms with Gasteiger partial charge in [0.15, 0.2) is 11.9 Å². The first kappa shape index (κ1) is 38.8. The Morgan fingerprint density at radius 3 is 2.54 bits per heavy atom. The molecule has 2 spiro atoms. The SMILES string of the molecule is CC1(C)OC2C3CCC4CC5(C)C(c6ccoc6CC(CCCCC6CNCN6)C(O)CO)OC(=O)C6OC65C5(C6CCCCC6)C(O)C(=O)C1C2(COC3=O)C45. The summed E-state index contributed by atoms with van der Waals surface area (Å²) in [4.78, 5) is 43.5. The van der Waals surface area contributed by atoms with Crippen LogP contribution in [0.5, 0.6) is 0 Å². The van der Waals surface area contributed by atoms with E-state index < -0.39 is 75.8 Å². The number of esters is 2. The number of Topliss-reactive ketones (excluding diaryl/α,β-unsaturated/α-hetero) is 1. The highest BCUT2D eigenvalue weighted by molar-refractivity contribution is 5.92. The summed E-state index contributed by atoms with van der Waals surface area (Å²) in [6.07, 6.45) is 7.18. The number of aliphatic hydroxyl groups is 3. The zero-order chi connectivity index (χ0) is 39.7. The van der Waals surface area contributed by atoms with Crippen molar-refractivity contribution >= 4 is 17.7 Å². The van der Waals surface area contributed by atoms with Gasteiger partial charge in [0.25, 0.3) is 0 Å². The van der Waals surface area contributed by atoms with Crippen LogP contribution < -0.4 is 10.6 Å². The highest BCUT2D eigenvalue weighted by Crippen LogP contribution is 2.84. The first-order valence-electron chi connectivity index (χ1n) is 22.1. The number of unbranched alkanes of at least 4 members (excludes halogenated alkanes) is 1. The van der Waals surface area contributed by atoms with Gasteiger partial charge in [-0.15, -0.1) is 0 Å². The van der Waals surface area contributed by atoms with Crippen LogP contribution in [0.4, 0.5) is 0 Å². The molecule has 0 aromatic carbocycles. The van der Waals surface area contributed by atoms with E-state index in [-0.39, 0.29) is 48.6 Å². The number of aliphatic hydroxyl groups excluding tert-OH is 3. The smallest absolute Gasteiger partial charge is 0.339 e. The molecule has 9 fully saturated rings. The van der Waals surface area contributed by atoms with Crippen LogP contribution >= 0.6 is 0 Å². The third-order valence-corrected chi connectivity index (χ3v) is 17.4. The van der Waals surface area contributed by atoms with Crippen molar-refractivity contribution in [3.8, 4) is 0 Å². The Balaban J connectivity index is 1.08. The quantitative estimate of drug-likeness (QED) is 0.125. The van der Waals surface area contributed by atoms with Gasteiger partial charge in [-0.05, 0) is 88.5 Å². The third-order valence-electron chi connectivity index (χ3n) is 17.4. The number of rotatable bonds is 11. The number of nitrogens with one attached hydrogen (secondary N) is 2. The number of hydrogen-bond donors (Lipinski definition) is 5. The summed E-state index contributed by atoms with van der Waals surface area (Å²) >= 11 is 0. The largest absolute Gasteiger partial charge is 0.469 e. The van der Waals surface area contributed by atoms with Crippen molar-refractivity contribution in [3.63, 3.8) is 0 Å². The molecular formula is C44H62N2O11. The number of carbonyl (C=O) groups excluding carboxylic acids is 3. The maximum absolute atomic E-state index is 15.4. The first-order valence-corrected chi connectivity index (χ1v) is 22.1. The average molecular weight is 795 g/mol. The zero-order valence-electron chi connectivity index (χ0n) is 33.7. The number of ether oxygens (including phenoxy) is 4. The summed E-state index contributed by atoms with van der Waals surface area (Å²) in [6, 6.07) is 2.29. The lowest BCUT2D eigenvalue weighted by atomic mass is 9.31.